The summed E-state index contributed by atoms with van der Waals surface area (Å²) >= 11 is 0. The van der Waals surface area contributed by atoms with Gasteiger partial charge in [-0.25, -0.2) is 0 Å². The number of hydrogen-bond donors (Lipinski definition) is 4. The number of aromatic nitrogens is 3. The standard InChI is InChI=1S/C16H15N3O5/c20-8-14(22)16(24)15(23)9-5-6-13(21)12(7-9)19-17-10-3-1-2-4-11(10)18-19/h1-7,15-16,20-21,23-24H,8H2. The molecule has 1 aromatic heterocycles. The van der Waals surface area contributed by atoms with Crippen LogP contribution in [-0.2, 0) is 4.79 Å². The molecule has 8 heteroatoms. The van der Waals surface area contributed by atoms with Crippen LogP contribution in [0, 0.1) is 0 Å². The lowest BCUT2D eigenvalue weighted by molar-refractivity contribution is -0.135. The van der Waals surface area contributed by atoms with Crippen molar-refractivity contribution in [1.82, 2.24) is 15.0 Å². The number of carbonyl (C=O) groups is 1. The molecule has 0 saturated heterocycles. The summed E-state index contributed by atoms with van der Waals surface area (Å²) in [6.07, 6.45) is -3.31. The van der Waals surface area contributed by atoms with Crippen LogP contribution in [-0.4, -0.2) is 53.9 Å². The second-order valence-electron chi connectivity index (χ2n) is 5.24. The highest BCUT2D eigenvalue weighted by atomic mass is 16.3. The Labute approximate surface area is 136 Å². The Morgan fingerprint density at radius 1 is 1.08 bits per heavy atom. The molecule has 24 heavy (non-hydrogen) atoms. The van der Waals surface area contributed by atoms with Gasteiger partial charge >= 0.3 is 0 Å². The molecular formula is C16H15N3O5. The summed E-state index contributed by atoms with van der Waals surface area (Å²) in [6.45, 7) is -0.880. The van der Waals surface area contributed by atoms with Gasteiger partial charge in [0.1, 0.15) is 41.3 Å². The molecule has 1 heterocycles. The molecule has 2 unspecified atom stereocenters. The quantitative estimate of drug-likeness (QED) is 0.522. The van der Waals surface area contributed by atoms with Gasteiger partial charge in [-0.05, 0) is 29.8 Å². The lowest BCUT2D eigenvalue weighted by Gasteiger charge is -2.17. The molecule has 2 atom stereocenters. The van der Waals surface area contributed by atoms with Crippen molar-refractivity contribution >= 4 is 16.8 Å². The number of aromatic hydroxyl groups is 1. The lowest BCUT2D eigenvalue weighted by atomic mass is 10.0. The van der Waals surface area contributed by atoms with Gasteiger partial charge in [-0.2, -0.15) is 0 Å². The Bertz CT molecular complexity index is 859. The van der Waals surface area contributed by atoms with E-state index in [0.717, 1.165) is 0 Å². The van der Waals surface area contributed by atoms with E-state index in [1.54, 1.807) is 24.3 Å². The average molecular weight is 329 g/mol. The number of ketones is 1. The molecule has 0 amide bonds. The predicted octanol–water partition coefficient (Wildman–Crippen LogP) is 0.0818. The fourth-order valence-electron chi connectivity index (χ4n) is 2.30. The van der Waals surface area contributed by atoms with Crippen LogP contribution >= 0.6 is 0 Å². The van der Waals surface area contributed by atoms with Crippen molar-refractivity contribution in [3.8, 4) is 11.4 Å². The SMILES string of the molecule is O=C(CO)C(O)C(O)c1ccc(O)c(-n2nc3ccccc3n2)c1. The zero-order valence-corrected chi connectivity index (χ0v) is 12.4. The van der Waals surface area contributed by atoms with Crippen LogP contribution in [0.5, 0.6) is 5.75 Å². The van der Waals surface area contributed by atoms with E-state index in [9.17, 15) is 20.1 Å². The van der Waals surface area contributed by atoms with E-state index >= 15 is 0 Å². The number of Topliss-reactive ketones (excluding diaryl/α,β-unsaturated/α-hetero) is 1. The molecule has 0 aliphatic heterocycles. The van der Waals surface area contributed by atoms with Gasteiger partial charge in [-0.15, -0.1) is 15.0 Å². The van der Waals surface area contributed by atoms with E-state index in [0.29, 0.717) is 11.0 Å². The predicted molar refractivity (Wildman–Crippen MR) is 83.6 cm³/mol. The number of hydrogen-bond acceptors (Lipinski definition) is 7. The zero-order chi connectivity index (χ0) is 17.3. The van der Waals surface area contributed by atoms with Crippen molar-refractivity contribution < 1.29 is 25.2 Å². The number of aliphatic hydroxyl groups is 3. The minimum Gasteiger partial charge on any atom is -0.506 e. The summed E-state index contributed by atoms with van der Waals surface area (Å²) in [7, 11) is 0. The van der Waals surface area contributed by atoms with Crippen molar-refractivity contribution in [3.05, 3.63) is 48.0 Å². The van der Waals surface area contributed by atoms with Gasteiger partial charge in [0.15, 0.2) is 5.78 Å². The largest absolute Gasteiger partial charge is 0.506 e. The van der Waals surface area contributed by atoms with Crippen molar-refractivity contribution in [2.45, 2.75) is 12.2 Å². The van der Waals surface area contributed by atoms with Crippen LogP contribution in [0.2, 0.25) is 0 Å². The number of nitrogens with zero attached hydrogens (tertiary/aromatic N) is 3. The first kappa shape index (κ1) is 16.1. The summed E-state index contributed by atoms with van der Waals surface area (Å²) in [4.78, 5) is 12.5. The number of rotatable bonds is 5. The molecule has 124 valence electrons. The molecule has 0 spiro atoms. The van der Waals surface area contributed by atoms with Crippen LogP contribution < -0.4 is 0 Å². The third kappa shape index (κ3) is 2.85. The van der Waals surface area contributed by atoms with Gasteiger partial charge in [0.05, 0.1) is 0 Å². The van der Waals surface area contributed by atoms with E-state index in [1.165, 1.54) is 23.0 Å². The number of fused-ring (bicyclic) bond motifs is 1. The first-order chi connectivity index (χ1) is 11.5. The van der Waals surface area contributed by atoms with Gasteiger partial charge in [0, 0.05) is 0 Å². The topological polar surface area (TPSA) is 129 Å². The van der Waals surface area contributed by atoms with Crippen LogP contribution in [0.25, 0.3) is 16.7 Å². The summed E-state index contributed by atoms with van der Waals surface area (Å²) in [5, 5.41) is 47.1. The van der Waals surface area contributed by atoms with Crippen molar-refractivity contribution in [1.29, 1.82) is 0 Å². The third-order valence-electron chi connectivity index (χ3n) is 3.63. The molecule has 0 fully saturated rings. The molecule has 4 N–H and O–H groups in total. The van der Waals surface area contributed by atoms with E-state index in [4.69, 9.17) is 5.11 Å². The van der Waals surface area contributed by atoms with Crippen molar-refractivity contribution in [3.63, 3.8) is 0 Å². The Balaban J connectivity index is 2.01. The van der Waals surface area contributed by atoms with Crippen LogP contribution in [0.4, 0.5) is 0 Å². The van der Waals surface area contributed by atoms with Crippen LogP contribution in [0.1, 0.15) is 11.7 Å². The molecule has 0 saturated carbocycles. The van der Waals surface area contributed by atoms with Crippen molar-refractivity contribution in [2.24, 2.45) is 0 Å². The number of phenolic OH excluding ortho intramolecular Hbond substituents is 1. The second-order valence-corrected chi connectivity index (χ2v) is 5.24. The number of carbonyl (C=O) groups excluding carboxylic acids is 1. The highest BCUT2D eigenvalue weighted by molar-refractivity contribution is 5.84. The Hall–Kier alpha value is -2.81. The van der Waals surface area contributed by atoms with Gasteiger partial charge in [-0.1, -0.05) is 18.2 Å². The molecule has 2 aromatic carbocycles. The number of phenols is 1. The van der Waals surface area contributed by atoms with E-state index in [1.807, 2.05) is 0 Å². The highest BCUT2D eigenvalue weighted by Gasteiger charge is 2.25. The Morgan fingerprint density at radius 3 is 2.29 bits per heavy atom. The summed E-state index contributed by atoms with van der Waals surface area (Å²) < 4.78 is 0. The average Bonchev–Trinajstić information content (AvgIpc) is 3.04. The maximum Gasteiger partial charge on any atom is 0.189 e. The normalized spacial score (nSPS) is 13.8. The van der Waals surface area contributed by atoms with Crippen molar-refractivity contribution in [2.75, 3.05) is 6.61 Å². The van der Waals surface area contributed by atoms with Crippen LogP contribution in [0.3, 0.4) is 0 Å². The number of benzene rings is 2. The highest BCUT2D eigenvalue weighted by Crippen LogP contribution is 2.27. The molecule has 0 aliphatic carbocycles. The number of aliphatic hydroxyl groups excluding tert-OH is 3. The molecule has 3 rings (SSSR count). The molecule has 0 aliphatic rings. The lowest BCUT2D eigenvalue weighted by Crippen LogP contribution is -2.30. The molecule has 3 aromatic rings. The minimum atomic E-state index is -1.77. The van der Waals surface area contributed by atoms with E-state index in [2.05, 4.69) is 10.2 Å². The fraction of sp³-hybridized carbons (Fsp3) is 0.188. The zero-order valence-electron chi connectivity index (χ0n) is 12.4. The van der Waals surface area contributed by atoms with E-state index in [-0.39, 0.29) is 17.0 Å². The summed E-state index contributed by atoms with van der Waals surface area (Å²) in [6, 6.07) is 11.2. The molecule has 8 nitrogen and oxygen atoms in total. The monoisotopic (exact) mass is 329 g/mol. The van der Waals surface area contributed by atoms with Crippen LogP contribution in [0.15, 0.2) is 42.5 Å². The van der Waals surface area contributed by atoms with E-state index < -0.39 is 24.6 Å². The Kier molecular flexibility index (Phi) is 4.26. The maximum atomic E-state index is 11.3. The molecule has 0 bridgehead atoms. The van der Waals surface area contributed by atoms with Gasteiger partial charge in [0.2, 0.25) is 0 Å². The summed E-state index contributed by atoms with van der Waals surface area (Å²) in [5.74, 6) is -1.03. The first-order valence-electron chi connectivity index (χ1n) is 7.16. The second kappa shape index (κ2) is 6.36. The summed E-state index contributed by atoms with van der Waals surface area (Å²) in [5.41, 5.74) is 1.61. The first-order valence-corrected chi connectivity index (χ1v) is 7.16. The fourth-order valence-corrected chi connectivity index (χ4v) is 2.30. The van der Waals surface area contributed by atoms with Gasteiger partial charge < -0.3 is 20.4 Å². The molecular weight excluding hydrogens is 314 g/mol. The maximum absolute atomic E-state index is 11.3. The molecule has 0 radical (unpaired) electrons. The van der Waals surface area contributed by atoms with Gasteiger partial charge in [-0.3, -0.25) is 4.79 Å². The smallest absolute Gasteiger partial charge is 0.189 e. The third-order valence-corrected chi connectivity index (χ3v) is 3.63. The Morgan fingerprint density at radius 2 is 1.71 bits per heavy atom. The minimum absolute atomic E-state index is 0.130. The van der Waals surface area contributed by atoms with Gasteiger partial charge in [0.25, 0.3) is 0 Å².